The van der Waals surface area contributed by atoms with E-state index < -0.39 is 0 Å². The van der Waals surface area contributed by atoms with Crippen molar-refractivity contribution in [3.05, 3.63) is 29.3 Å². The van der Waals surface area contributed by atoms with Gasteiger partial charge in [0.05, 0.1) is 11.6 Å². The fourth-order valence-electron chi connectivity index (χ4n) is 2.60. The Kier molecular flexibility index (Phi) is 3.35. The van der Waals surface area contributed by atoms with E-state index in [1.54, 1.807) is 0 Å². The van der Waals surface area contributed by atoms with Gasteiger partial charge in [-0.05, 0) is 43.5 Å². The summed E-state index contributed by atoms with van der Waals surface area (Å²) in [4.78, 5) is 0. The van der Waals surface area contributed by atoms with Gasteiger partial charge in [0.25, 0.3) is 0 Å². The molecule has 0 radical (unpaired) electrons. The normalized spacial score (nSPS) is 17.7. The number of rotatable bonds is 3. The first-order valence-corrected chi connectivity index (χ1v) is 6.18. The zero-order chi connectivity index (χ0) is 12.3. The van der Waals surface area contributed by atoms with Gasteiger partial charge in [0.2, 0.25) is 0 Å². The van der Waals surface area contributed by atoms with Gasteiger partial charge in [-0.1, -0.05) is 12.8 Å². The van der Waals surface area contributed by atoms with Crippen molar-refractivity contribution in [2.75, 3.05) is 11.9 Å². The summed E-state index contributed by atoms with van der Waals surface area (Å²) in [6.07, 6.45) is 4.78. The van der Waals surface area contributed by atoms with Gasteiger partial charge in [0.15, 0.2) is 0 Å². The molecule has 3 nitrogen and oxygen atoms in total. The summed E-state index contributed by atoms with van der Waals surface area (Å²) in [5.41, 5.74) is 8.80. The minimum Gasteiger partial charge on any atom is -0.378 e. The third kappa shape index (κ3) is 2.42. The lowest BCUT2D eigenvalue weighted by atomic mass is 9.97. The van der Waals surface area contributed by atoms with Gasteiger partial charge in [-0.3, -0.25) is 0 Å². The second-order valence-corrected chi connectivity index (χ2v) is 4.96. The van der Waals surface area contributed by atoms with E-state index in [9.17, 15) is 0 Å². The maximum absolute atomic E-state index is 8.90. The maximum atomic E-state index is 8.90. The molecule has 0 aromatic heterocycles. The Balaban J connectivity index is 2.19. The van der Waals surface area contributed by atoms with Crippen LogP contribution in [0.4, 0.5) is 5.69 Å². The third-order valence-electron chi connectivity index (χ3n) is 3.71. The molecular weight excluding hydrogens is 210 g/mol. The Morgan fingerprint density at radius 3 is 2.65 bits per heavy atom. The molecule has 1 fully saturated rings. The molecule has 3 N–H and O–H groups in total. The van der Waals surface area contributed by atoms with Gasteiger partial charge in [-0.15, -0.1) is 0 Å². The van der Waals surface area contributed by atoms with Crippen LogP contribution in [0.1, 0.15) is 36.8 Å². The van der Waals surface area contributed by atoms with Gasteiger partial charge in [0.1, 0.15) is 0 Å². The van der Waals surface area contributed by atoms with Crippen molar-refractivity contribution in [1.82, 2.24) is 0 Å². The quantitative estimate of drug-likeness (QED) is 0.837. The molecule has 0 saturated heterocycles. The predicted molar refractivity (Wildman–Crippen MR) is 69.8 cm³/mol. The monoisotopic (exact) mass is 229 g/mol. The lowest BCUT2D eigenvalue weighted by molar-refractivity contribution is 0.493. The van der Waals surface area contributed by atoms with Crippen LogP contribution in [0.5, 0.6) is 0 Å². The van der Waals surface area contributed by atoms with Crippen LogP contribution < -0.4 is 11.1 Å². The molecule has 90 valence electrons. The average molecular weight is 229 g/mol. The molecule has 2 rings (SSSR count). The Hall–Kier alpha value is -1.53. The van der Waals surface area contributed by atoms with Crippen molar-refractivity contribution in [1.29, 1.82) is 5.26 Å². The van der Waals surface area contributed by atoms with Gasteiger partial charge in [-0.2, -0.15) is 5.26 Å². The van der Waals surface area contributed by atoms with Crippen LogP contribution in [0.15, 0.2) is 18.2 Å². The maximum Gasteiger partial charge on any atom is 0.0994 e. The van der Waals surface area contributed by atoms with E-state index in [1.807, 2.05) is 25.1 Å². The number of benzene rings is 1. The zero-order valence-corrected chi connectivity index (χ0v) is 10.3. The molecule has 0 heterocycles. The smallest absolute Gasteiger partial charge is 0.0994 e. The van der Waals surface area contributed by atoms with E-state index in [-0.39, 0.29) is 5.54 Å². The average Bonchev–Trinajstić information content (AvgIpc) is 2.79. The summed E-state index contributed by atoms with van der Waals surface area (Å²) in [5, 5.41) is 12.5. The fraction of sp³-hybridized carbons (Fsp3) is 0.500. The molecule has 0 atom stereocenters. The lowest BCUT2D eigenvalue weighted by Gasteiger charge is -2.30. The summed E-state index contributed by atoms with van der Waals surface area (Å²) in [5.74, 6) is 0. The van der Waals surface area contributed by atoms with Gasteiger partial charge in [-0.25, -0.2) is 0 Å². The van der Waals surface area contributed by atoms with Gasteiger partial charge >= 0.3 is 0 Å². The third-order valence-corrected chi connectivity index (χ3v) is 3.71. The molecule has 17 heavy (non-hydrogen) atoms. The van der Waals surface area contributed by atoms with Crippen LogP contribution in [-0.4, -0.2) is 12.1 Å². The molecule has 1 aliphatic rings. The number of hydrogen-bond acceptors (Lipinski definition) is 3. The van der Waals surface area contributed by atoms with E-state index >= 15 is 0 Å². The topological polar surface area (TPSA) is 61.8 Å². The Morgan fingerprint density at radius 2 is 2.12 bits per heavy atom. The van der Waals surface area contributed by atoms with Crippen LogP contribution in [0, 0.1) is 18.3 Å². The molecule has 1 saturated carbocycles. The van der Waals surface area contributed by atoms with Crippen molar-refractivity contribution in [3.8, 4) is 6.07 Å². The van der Waals surface area contributed by atoms with Crippen LogP contribution in [0.25, 0.3) is 0 Å². The standard InChI is InChI=1S/C14H19N3/c1-11-8-13(5-4-12(11)9-15)17-14(10-16)6-2-3-7-14/h4-5,8,17H,2-3,6-7,10,16H2,1H3. The molecule has 0 amide bonds. The van der Waals surface area contributed by atoms with E-state index in [0.29, 0.717) is 6.54 Å². The van der Waals surface area contributed by atoms with Gasteiger partial charge < -0.3 is 11.1 Å². The van der Waals surface area contributed by atoms with E-state index in [0.717, 1.165) is 29.7 Å². The summed E-state index contributed by atoms with van der Waals surface area (Å²) >= 11 is 0. The van der Waals surface area contributed by atoms with Crippen LogP contribution in [-0.2, 0) is 0 Å². The molecule has 0 aliphatic heterocycles. The Bertz CT molecular complexity index is 439. The lowest BCUT2D eigenvalue weighted by Crippen LogP contribution is -2.42. The molecular formula is C14H19N3. The molecule has 0 spiro atoms. The molecule has 0 unspecified atom stereocenters. The van der Waals surface area contributed by atoms with Crippen LogP contribution >= 0.6 is 0 Å². The molecule has 1 aliphatic carbocycles. The summed E-state index contributed by atoms with van der Waals surface area (Å²) in [6.45, 7) is 2.64. The number of nitrogens with two attached hydrogens (primary N) is 1. The van der Waals surface area contributed by atoms with Gasteiger partial charge in [0, 0.05) is 17.8 Å². The number of hydrogen-bond donors (Lipinski definition) is 2. The first-order valence-electron chi connectivity index (χ1n) is 6.18. The Labute approximate surface area is 103 Å². The highest BCUT2D eigenvalue weighted by molar-refractivity contribution is 5.53. The molecule has 0 bridgehead atoms. The zero-order valence-electron chi connectivity index (χ0n) is 10.3. The number of nitrogens with zero attached hydrogens (tertiary/aromatic N) is 1. The molecule has 1 aromatic carbocycles. The minimum atomic E-state index is 0.0700. The van der Waals surface area contributed by atoms with E-state index in [1.165, 1.54) is 12.8 Å². The highest BCUT2D eigenvalue weighted by Crippen LogP contribution is 2.32. The first-order chi connectivity index (χ1) is 8.19. The number of nitrogens with one attached hydrogen (secondary N) is 1. The number of anilines is 1. The number of aryl methyl sites for hydroxylation is 1. The van der Waals surface area contributed by atoms with E-state index in [2.05, 4.69) is 11.4 Å². The number of nitriles is 1. The highest BCUT2D eigenvalue weighted by Gasteiger charge is 2.32. The predicted octanol–water partition coefficient (Wildman–Crippen LogP) is 2.55. The second kappa shape index (κ2) is 4.77. The van der Waals surface area contributed by atoms with Crippen molar-refractivity contribution in [2.45, 2.75) is 38.1 Å². The largest absolute Gasteiger partial charge is 0.378 e. The van der Waals surface area contributed by atoms with Crippen LogP contribution in [0.3, 0.4) is 0 Å². The Morgan fingerprint density at radius 1 is 1.41 bits per heavy atom. The van der Waals surface area contributed by atoms with Crippen molar-refractivity contribution in [3.63, 3.8) is 0 Å². The minimum absolute atomic E-state index is 0.0700. The summed E-state index contributed by atoms with van der Waals surface area (Å²) in [7, 11) is 0. The van der Waals surface area contributed by atoms with Crippen molar-refractivity contribution < 1.29 is 0 Å². The second-order valence-electron chi connectivity index (χ2n) is 4.96. The fourth-order valence-corrected chi connectivity index (χ4v) is 2.60. The first kappa shape index (κ1) is 11.9. The van der Waals surface area contributed by atoms with Crippen molar-refractivity contribution in [2.24, 2.45) is 5.73 Å². The highest BCUT2D eigenvalue weighted by atomic mass is 15.0. The molecule has 3 heteroatoms. The summed E-state index contributed by atoms with van der Waals surface area (Å²) in [6, 6.07) is 8.07. The SMILES string of the molecule is Cc1cc(NC2(CN)CCCC2)ccc1C#N. The summed E-state index contributed by atoms with van der Waals surface area (Å²) < 4.78 is 0. The van der Waals surface area contributed by atoms with Crippen LogP contribution in [0.2, 0.25) is 0 Å². The van der Waals surface area contributed by atoms with E-state index in [4.69, 9.17) is 11.0 Å². The molecule has 1 aromatic rings. The van der Waals surface area contributed by atoms with Crippen molar-refractivity contribution >= 4 is 5.69 Å².